The van der Waals surface area contributed by atoms with Gasteiger partial charge in [-0.15, -0.1) is 11.3 Å². The number of piperidine rings is 1. The van der Waals surface area contributed by atoms with Gasteiger partial charge in [0.15, 0.2) is 0 Å². The Morgan fingerprint density at radius 2 is 2.15 bits per heavy atom. The van der Waals surface area contributed by atoms with Gasteiger partial charge in [-0.3, -0.25) is 9.69 Å². The van der Waals surface area contributed by atoms with Gasteiger partial charge < -0.3 is 10.1 Å². The van der Waals surface area contributed by atoms with Gasteiger partial charge in [0.05, 0.1) is 13.7 Å². The van der Waals surface area contributed by atoms with Crippen molar-refractivity contribution < 1.29 is 9.53 Å². The van der Waals surface area contributed by atoms with Gasteiger partial charge in [0.1, 0.15) is 5.75 Å². The van der Waals surface area contributed by atoms with Gasteiger partial charge in [0, 0.05) is 17.3 Å². The Labute approximate surface area is 159 Å². The van der Waals surface area contributed by atoms with Crippen LogP contribution in [0.4, 0.5) is 0 Å². The maximum absolute atomic E-state index is 12.5. The first-order valence-corrected chi connectivity index (χ1v) is 10.2. The smallest absolute Gasteiger partial charge is 0.223 e. The molecule has 138 valence electrons. The fourth-order valence-corrected chi connectivity index (χ4v) is 4.81. The van der Waals surface area contributed by atoms with Crippen molar-refractivity contribution in [1.29, 1.82) is 0 Å². The SMILES string of the molecule is COc1cccc(CN2CCC3(CC2)CC3C(=O)NCc2cccs2)c1. The number of amides is 1. The molecule has 1 spiro atoms. The number of nitrogens with zero attached hydrogens (tertiary/aromatic N) is 1. The summed E-state index contributed by atoms with van der Waals surface area (Å²) in [6.07, 6.45) is 3.33. The number of benzene rings is 1. The summed E-state index contributed by atoms with van der Waals surface area (Å²) in [6.45, 7) is 3.78. The predicted molar refractivity (Wildman–Crippen MR) is 104 cm³/mol. The number of methoxy groups -OCH3 is 1. The van der Waals surface area contributed by atoms with E-state index in [-0.39, 0.29) is 17.2 Å². The van der Waals surface area contributed by atoms with E-state index in [9.17, 15) is 4.79 Å². The average molecular weight is 371 g/mol. The number of carbonyl (C=O) groups excluding carboxylic acids is 1. The van der Waals surface area contributed by atoms with Crippen LogP contribution in [0, 0.1) is 11.3 Å². The molecule has 2 heterocycles. The number of ether oxygens (including phenoxy) is 1. The molecule has 1 aliphatic heterocycles. The highest BCUT2D eigenvalue weighted by atomic mass is 32.1. The second kappa shape index (κ2) is 7.41. The molecule has 1 aromatic carbocycles. The number of hydrogen-bond acceptors (Lipinski definition) is 4. The maximum Gasteiger partial charge on any atom is 0.223 e. The molecule has 4 rings (SSSR count). The second-order valence-corrected chi connectivity index (χ2v) is 8.58. The fraction of sp³-hybridized carbons (Fsp3) is 0.476. The first-order chi connectivity index (χ1) is 12.7. The Morgan fingerprint density at radius 3 is 2.88 bits per heavy atom. The molecule has 0 radical (unpaired) electrons. The third kappa shape index (κ3) is 3.79. The first kappa shape index (κ1) is 17.6. The van der Waals surface area contributed by atoms with Crippen LogP contribution < -0.4 is 10.1 Å². The fourth-order valence-electron chi connectivity index (χ4n) is 4.17. The van der Waals surface area contributed by atoms with Gasteiger partial charge in [0.25, 0.3) is 0 Å². The van der Waals surface area contributed by atoms with Crippen LogP contribution in [-0.4, -0.2) is 31.0 Å². The molecule has 0 bridgehead atoms. The molecule has 1 N–H and O–H groups in total. The van der Waals surface area contributed by atoms with E-state index >= 15 is 0 Å². The Bertz CT molecular complexity index is 751. The van der Waals surface area contributed by atoms with Crippen molar-refractivity contribution in [2.45, 2.75) is 32.4 Å². The van der Waals surface area contributed by atoms with Crippen LogP contribution in [0.5, 0.6) is 5.75 Å². The lowest BCUT2D eigenvalue weighted by molar-refractivity contribution is -0.123. The zero-order valence-electron chi connectivity index (χ0n) is 15.2. The highest BCUT2D eigenvalue weighted by Crippen LogP contribution is 2.59. The van der Waals surface area contributed by atoms with Gasteiger partial charge in [-0.25, -0.2) is 0 Å². The van der Waals surface area contributed by atoms with Crippen LogP contribution in [0.3, 0.4) is 0 Å². The molecule has 4 nitrogen and oxygen atoms in total. The van der Waals surface area contributed by atoms with Crippen molar-refractivity contribution in [2.24, 2.45) is 11.3 Å². The van der Waals surface area contributed by atoms with Crippen LogP contribution in [0.2, 0.25) is 0 Å². The maximum atomic E-state index is 12.5. The van der Waals surface area contributed by atoms with E-state index in [4.69, 9.17) is 4.74 Å². The molecule has 1 aliphatic carbocycles. The van der Waals surface area contributed by atoms with Crippen molar-refractivity contribution in [2.75, 3.05) is 20.2 Å². The minimum absolute atomic E-state index is 0.224. The topological polar surface area (TPSA) is 41.6 Å². The zero-order chi connectivity index (χ0) is 18.0. The standard InChI is InChI=1S/C21H26N2O2S/c1-25-17-5-2-4-16(12-17)15-23-9-7-21(8-10-23)13-19(21)20(24)22-14-18-6-3-11-26-18/h2-6,11-12,19H,7-10,13-15H2,1H3,(H,22,24). The minimum Gasteiger partial charge on any atom is -0.497 e. The monoisotopic (exact) mass is 370 g/mol. The quantitative estimate of drug-likeness (QED) is 0.843. The van der Waals surface area contributed by atoms with Gasteiger partial charge in [-0.2, -0.15) is 0 Å². The van der Waals surface area contributed by atoms with Gasteiger partial charge in [-0.05, 0) is 66.9 Å². The van der Waals surface area contributed by atoms with E-state index in [1.54, 1.807) is 18.4 Å². The molecule has 1 atom stereocenters. The third-order valence-electron chi connectivity index (χ3n) is 5.92. The van der Waals surface area contributed by atoms with Crippen LogP contribution in [-0.2, 0) is 17.9 Å². The van der Waals surface area contributed by atoms with Crippen LogP contribution in [0.1, 0.15) is 29.7 Å². The summed E-state index contributed by atoms with van der Waals surface area (Å²) in [5.74, 6) is 1.39. The lowest BCUT2D eigenvalue weighted by Crippen LogP contribution is -2.36. The summed E-state index contributed by atoms with van der Waals surface area (Å²) in [7, 11) is 1.71. The van der Waals surface area contributed by atoms with Crippen molar-refractivity contribution in [1.82, 2.24) is 10.2 Å². The predicted octanol–water partition coefficient (Wildman–Crippen LogP) is 3.68. The first-order valence-electron chi connectivity index (χ1n) is 9.34. The van der Waals surface area contributed by atoms with Crippen molar-refractivity contribution >= 4 is 17.2 Å². The Kier molecular flexibility index (Phi) is 5.00. The van der Waals surface area contributed by atoms with E-state index in [1.807, 2.05) is 12.1 Å². The van der Waals surface area contributed by atoms with Crippen molar-refractivity contribution in [3.05, 3.63) is 52.2 Å². The molecule has 2 aromatic rings. The molecule has 26 heavy (non-hydrogen) atoms. The van der Waals surface area contributed by atoms with E-state index in [2.05, 4.69) is 39.9 Å². The van der Waals surface area contributed by atoms with E-state index in [0.717, 1.165) is 44.6 Å². The van der Waals surface area contributed by atoms with Gasteiger partial charge >= 0.3 is 0 Å². The summed E-state index contributed by atoms with van der Waals surface area (Å²) in [4.78, 5) is 16.2. The summed E-state index contributed by atoms with van der Waals surface area (Å²) < 4.78 is 5.32. The number of thiophene rings is 1. The lowest BCUT2D eigenvalue weighted by atomic mass is 9.90. The van der Waals surface area contributed by atoms with E-state index < -0.39 is 0 Å². The zero-order valence-corrected chi connectivity index (χ0v) is 16.1. The highest BCUT2D eigenvalue weighted by molar-refractivity contribution is 7.09. The third-order valence-corrected chi connectivity index (χ3v) is 6.79. The molecule has 1 aromatic heterocycles. The Hall–Kier alpha value is -1.85. The van der Waals surface area contributed by atoms with Crippen LogP contribution in [0.25, 0.3) is 0 Å². The molecule has 1 unspecified atom stereocenters. The van der Waals surface area contributed by atoms with Crippen molar-refractivity contribution in [3.63, 3.8) is 0 Å². The molecule has 1 saturated heterocycles. The molecule has 2 fully saturated rings. The molecule has 1 amide bonds. The van der Waals surface area contributed by atoms with E-state index in [0.29, 0.717) is 6.54 Å². The van der Waals surface area contributed by atoms with Crippen LogP contribution >= 0.6 is 11.3 Å². The lowest BCUT2D eigenvalue weighted by Gasteiger charge is -2.32. The largest absolute Gasteiger partial charge is 0.497 e. The second-order valence-electron chi connectivity index (χ2n) is 7.54. The summed E-state index contributed by atoms with van der Waals surface area (Å²) in [5.41, 5.74) is 1.56. The summed E-state index contributed by atoms with van der Waals surface area (Å²) in [5, 5.41) is 5.18. The number of carbonyl (C=O) groups is 1. The van der Waals surface area contributed by atoms with Gasteiger partial charge in [0.2, 0.25) is 5.91 Å². The summed E-state index contributed by atoms with van der Waals surface area (Å²) in [6, 6.07) is 12.4. The molecule has 5 heteroatoms. The number of likely N-dealkylation sites (tertiary alicyclic amines) is 1. The van der Waals surface area contributed by atoms with Gasteiger partial charge in [-0.1, -0.05) is 18.2 Å². The Balaban J connectivity index is 1.25. The molecular weight excluding hydrogens is 344 g/mol. The molecular formula is C21H26N2O2S. The number of rotatable bonds is 6. The summed E-state index contributed by atoms with van der Waals surface area (Å²) >= 11 is 1.70. The highest BCUT2D eigenvalue weighted by Gasteiger charge is 2.58. The number of nitrogens with one attached hydrogen (secondary N) is 1. The number of hydrogen-bond donors (Lipinski definition) is 1. The van der Waals surface area contributed by atoms with E-state index in [1.165, 1.54) is 10.4 Å². The van der Waals surface area contributed by atoms with Crippen LogP contribution in [0.15, 0.2) is 41.8 Å². The van der Waals surface area contributed by atoms with Crippen molar-refractivity contribution in [3.8, 4) is 5.75 Å². The minimum atomic E-state index is 0.224. The molecule has 1 saturated carbocycles. The normalized spacial score (nSPS) is 21.5. The Morgan fingerprint density at radius 1 is 1.31 bits per heavy atom. The molecule has 2 aliphatic rings. The average Bonchev–Trinajstić information content (AvgIpc) is 3.11.